The van der Waals surface area contributed by atoms with Crippen LogP contribution in [0.15, 0.2) is 12.1 Å². The van der Waals surface area contributed by atoms with Gasteiger partial charge in [0.25, 0.3) is 0 Å². The lowest BCUT2D eigenvalue weighted by molar-refractivity contribution is -0.389. The zero-order valence-electron chi connectivity index (χ0n) is 11.1. The first-order valence-electron chi connectivity index (χ1n) is 5.80. The third-order valence-electron chi connectivity index (χ3n) is 2.33. The van der Waals surface area contributed by atoms with Crippen LogP contribution in [0.1, 0.15) is 18.1 Å². The molecule has 0 spiro atoms. The van der Waals surface area contributed by atoms with Gasteiger partial charge in [0.1, 0.15) is 0 Å². The molecule has 0 aromatic heterocycles. The molecule has 0 heterocycles. The molecule has 0 aliphatic heterocycles. The Morgan fingerprint density at radius 3 is 2.55 bits per heavy atom. The van der Waals surface area contributed by atoms with Gasteiger partial charge < -0.3 is 9.47 Å². The fraction of sp³-hybridized carbons (Fsp3) is 0.333. The number of carbonyl (C=O) groups is 1. The summed E-state index contributed by atoms with van der Waals surface area (Å²) in [6.45, 7) is 1.49. The molecule has 118 valence electrons. The van der Waals surface area contributed by atoms with E-state index in [-0.39, 0.29) is 12.2 Å². The van der Waals surface area contributed by atoms with E-state index < -0.39 is 40.7 Å². The second-order valence-electron chi connectivity index (χ2n) is 3.88. The number of nitro groups is 1. The van der Waals surface area contributed by atoms with Crippen molar-refractivity contribution < 1.29 is 32.4 Å². The van der Waals surface area contributed by atoms with Crippen molar-refractivity contribution in [3.63, 3.8) is 0 Å². The Kier molecular flexibility index (Phi) is 5.28. The first-order valence-corrected chi connectivity index (χ1v) is 5.80. The van der Waals surface area contributed by atoms with Crippen molar-refractivity contribution in [3.05, 3.63) is 33.4 Å². The summed E-state index contributed by atoms with van der Waals surface area (Å²) < 4.78 is 45.1. The molecule has 1 aromatic rings. The zero-order chi connectivity index (χ0) is 16.9. The third kappa shape index (κ3) is 4.62. The van der Waals surface area contributed by atoms with Crippen molar-refractivity contribution in [3.8, 4) is 11.8 Å². The molecule has 0 aliphatic rings. The lowest BCUT2D eigenvalue weighted by Crippen LogP contribution is -2.19. The maximum Gasteiger partial charge on any atom is 0.573 e. The lowest BCUT2D eigenvalue weighted by Gasteiger charge is -2.12. The minimum absolute atomic E-state index is 0.00349. The first kappa shape index (κ1) is 17.2. The fourth-order valence-corrected chi connectivity index (χ4v) is 1.64. The molecule has 0 unspecified atom stereocenters. The van der Waals surface area contributed by atoms with Crippen molar-refractivity contribution in [2.75, 3.05) is 6.61 Å². The summed E-state index contributed by atoms with van der Waals surface area (Å²) in [5.74, 6) is -2.03. The molecule has 1 rings (SSSR count). The Balaban J connectivity index is 3.40. The van der Waals surface area contributed by atoms with Crippen LogP contribution in [0.3, 0.4) is 0 Å². The monoisotopic (exact) mass is 318 g/mol. The molecule has 22 heavy (non-hydrogen) atoms. The maximum atomic E-state index is 12.3. The molecule has 0 fully saturated rings. The van der Waals surface area contributed by atoms with Crippen LogP contribution in [0.4, 0.5) is 18.9 Å². The van der Waals surface area contributed by atoms with Gasteiger partial charge >= 0.3 is 18.0 Å². The second kappa shape index (κ2) is 6.75. The molecule has 0 saturated heterocycles. The van der Waals surface area contributed by atoms with Gasteiger partial charge in [-0.1, -0.05) is 0 Å². The van der Waals surface area contributed by atoms with E-state index in [1.165, 1.54) is 6.92 Å². The van der Waals surface area contributed by atoms with Crippen LogP contribution in [0.25, 0.3) is 0 Å². The van der Waals surface area contributed by atoms with Crippen molar-refractivity contribution in [2.24, 2.45) is 0 Å². The van der Waals surface area contributed by atoms with E-state index in [2.05, 4.69) is 9.47 Å². The predicted octanol–water partition coefficient (Wildman–Crippen LogP) is 2.47. The highest BCUT2D eigenvalue weighted by Gasteiger charge is 2.36. The summed E-state index contributed by atoms with van der Waals surface area (Å²) in [5.41, 5.74) is -1.75. The molecule has 0 saturated carbocycles. The molecular weight excluding hydrogens is 309 g/mol. The number of ether oxygens (including phenoxy) is 2. The number of alkyl halides is 3. The Bertz CT molecular complexity index is 637. The summed E-state index contributed by atoms with van der Waals surface area (Å²) in [6.07, 6.45) is -5.84. The van der Waals surface area contributed by atoms with Gasteiger partial charge in [-0.25, -0.2) is 0 Å². The number of benzene rings is 1. The van der Waals surface area contributed by atoms with Crippen LogP contribution in [-0.2, 0) is 16.0 Å². The molecule has 0 atom stereocenters. The van der Waals surface area contributed by atoms with Crippen LogP contribution in [0, 0.1) is 21.4 Å². The minimum Gasteiger partial charge on any atom is -0.466 e. The number of hydrogen-bond acceptors (Lipinski definition) is 6. The van der Waals surface area contributed by atoms with Crippen LogP contribution in [0.2, 0.25) is 0 Å². The van der Waals surface area contributed by atoms with Gasteiger partial charge in [-0.2, -0.15) is 5.26 Å². The molecule has 7 nitrogen and oxygen atoms in total. The average molecular weight is 318 g/mol. The number of nitriles is 1. The van der Waals surface area contributed by atoms with E-state index in [0.717, 1.165) is 6.07 Å². The highest BCUT2D eigenvalue weighted by Crippen LogP contribution is 2.36. The Morgan fingerprint density at radius 2 is 2.09 bits per heavy atom. The molecule has 1 aromatic carbocycles. The molecule has 0 bridgehead atoms. The van der Waals surface area contributed by atoms with E-state index in [4.69, 9.17) is 5.26 Å². The van der Waals surface area contributed by atoms with Crippen molar-refractivity contribution in [1.82, 2.24) is 0 Å². The van der Waals surface area contributed by atoms with Gasteiger partial charge in [-0.3, -0.25) is 14.9 Å². The number of halogens is 3. The number of esters is 1. The molecule has 0 amide bonds. The number of carbonyl (C=O) groups excluding carboxylic acids is 1. The molecule has 0 radical (unpaired) electrons. The van der Waals surface area contributed by atoms with Crippen LogP contribution in [-0.4, -0.2) is 23.9 Å². The Morgan fingerprint density at radius 1 is 1.45 bits per heavy atom. The third-order valence-corrected chi connectivity index (χ3v) is 2.33. The topological polar surface area (TPSA) is 102 Å². The van der Waals surface area contributed by atoms with E-state index in [1.807, 2.05) is 0 Å². The quantitative estimate of drug-likeness (QED) is 0.469. The summed E-state index contributed by atoms with van der Waals surface area (Å²) in [4.78, 5) is 21.3. The number of nitrogens with zero attached hydrogens (tertiary/aromatic N) is 2. The summed E-state index contributed by atoms with van der Waals surface area (Å²) in [5, 5.41) is 19.8. The Labute approximate surface area is 122 Å². The van der Waals surface area contributed by atoms with E-state index in [0.29, 0.717) is 6.07 Å². The molecule has 0 aliphatic carbocycles. The molecular formula is C12H9F3N2O5. The van der Waals surface area contributed by atoms with Gasteiger partial charge in [-0.15, -0.1) is 13.2 Å². The molecule has 10 heteroatoms. The van der Waals surface area contributed by atoms with Crippen molar-refractivity contribution in [2.45, 2.75) is 19.7 Å². The molecule has 0 N–H and O–H groups in total. The number of hydrogen-bond donors (Lipinski definition) is 0. The van der Waals surface area contributed by atoms with Crippen LogP contribution in [0.5, 0.6) is 5.75 Å². The second-order valence-corrected chi connectivity index (χ2v) is 3.88. The predicted molar refractivity (Wildman–Crippen MR) is 64.8 cm³/mol. The van der Waals surface area contributed by atoms with Gasteiger partial charge in [0.15, 0.2) is 0 Å². The summed E-state index contributed by atoms with van der Waals surface area (Å²) in [6, 6.07) is 3.07. The van der Waals surface area contributed by atoms with E-state index in [1.54, 1.807) is 6.07 Å². The van der Waals surface area contributed by atoms with Crippen molar-refractivity contribution >= 4 is 11.7 Å². The minimum atomic E-state index is -5.18. The van der Waals surface area contributed by atoms with E-state index >= 15 is 0 Å². The van der Waals surface area contributed by atoms with Gasteiger partial charge in [0, 0.05) is 11.6 Å². The van der Waals surface area contributed by atoms with Gasteiger partial charge in [-0.05, 0) is 13.0 Å². The number of rotatable bonds is 5. The van der Waals surface area contributed by atoms with Crippen LogP contribution < -0.4 is 4.74 Å². The van der Waals surface area contributed by atoms with Gasteiger partial charge in [0.05, 0.1) is 29.6 Å². The standard InChI is InChI=1S/C12H9F3N2O5/c1-2-21-10(18)5-8-3-7(6-16)4-9(11(8)17(19)20)22-12(13,14)15/h3-4H,2,5H2,1H3. The van der Waals surface area contributed by atoms with Crippen molar-refractivity contribution in [1.29, 1.82) is 5.26 Å². The normalized spacial score (nSPS) is 10.7. The van der Waals surface area contributed by atoms with Gasteiger partial charge in [0.2, 0.25) is 5.75 Å². The van der Waals surface area contributed by atoms with Crippen LogP contribution >= 0.6 is 0 Å². The average Bonchev–Trinajstić information content (AvgIpc) is 2.35. The zero-order valence-corrected chi connectivity index (χ0v) is 11.1. The smallest absolute Gasteiger partial charge is 0.466 e. The van der Waals surface area contributed by atoms with E-state index in [9.17, 15) is 28.1 Å². The number of nitro benzene ring substituents is 1. The summed E-state index contributed by atoms with van der Waals surface area (Å²) >= 11 is 0. The highest BCUT2D eigenvalue weighted by molar-refractivity contribution is 5.75. The Hall–Kier alpha value is -2.83. The highest BCUT2D eigenvalue weighted by atomic mass is 19.4. The lowest BCUT2D eigenvalue weighted by atomic mass is 10.1. The SMILES string of the molecule is CCOC(=O)Cc1cc(C#N)cc(OC(F)(F)F)c1[N+](=O)[O-]. The fourth-order valence-electron chi connectivity index (χ4n) is 1.64. The first-order chi connectivity index (χ1) is 10.2. The largest absolute Gasteiger partial charge is 0.573 e. The maximum absolute atomic E-state index is 12.3. The summed E-state index contributed by atoms with van der Waals surface area (Å²) in [7, 11) is 0.